The molecule has 0 aliphatic rings. The minimum absolute atomic E-state index is 0.0205. The Morgan fingerprint density at radius 2 is 1.70 bits per heavy atom. The van der Waals surface area contributed by atoms with Gasteiger partial charge in [0.25, 0.3) is 0 Å². The summed E-state index contributed by atoms with van der Waals surface area (Å²) in [5, 5.41) is 10.6. The molecule has 1 unspecified atom stereocenters. The number of aliphatic hydroxyl groups excluding tert-OH is 1. The number of hydrogen-bond donors (Lipinski definition) is 1. The van der Waals surface area contributed by atoms with Crippen LogP contribution < -0.4 is 0 Å². The molecule has 0 amide bonds. The molecule has 1 N–H and O–H groups in total. The quantitative estimate of drug-likeness (QED) is 0.860. The van der Waals surface area contributed by atoms with Gasteiger partial charge < -0.3 is 5.11 Å². The lowest BCUT2D eigenvalue weighted by atomic mass is 9.93. The highest BCUT2D eigenvalue weighted by Gasteiger charge is 2.15. The molecule has 0 saturated heterocycles. The average Bonchev–Trinajstić information content (AvgIpc) is 2.44. The minimum atomic E-state index is -0.327. The molecule has 1 atom stereocenters. The molecule has 20 heavy (non-hydrogen) atoms. The van der Waals surface area contributed by atoms with Gasteiger partial charge in [-0.05, 0) is 48.6 Å². The summed E-state index contributed by atoms with van der Waals surface area (Å²) in [6, 6.07) is 12.1. The first-order valence-electron chi connectivity index (χ1n) is 6.38. The maximum Gasteiger partial charge on any atom is 0.127 e. The third-order valence-corrected chi connectivity index (χ3v) is 3.86. The number of halogens is 3. The average molecular weight is 313 g/mol. The Morgan fingerprint density at radius 1 is 1.00 bits per heavy atom. The van der Waals surface area contributed by atoms with E-state index >= 15 is 0 Å². The zero-order valence-corrected chi connectivity index (χ0v) is 12.3. The highest BCUT2D eigenvalue weighted by Crippen LogP contribution is 2.24. The van der Waals surface area contributed by atoms with Crippen molar-refractivity contribution >= 4 is 23.2 Å². The van der Waals surface area contributed by atoms with Crippen LogP contribution in [0.4, 0.5) is 4.39 Å². The van der Waals surface area contributed by atoms with Crippen LogP contribution >= 0.6 is 23.2 Å². The molecule has 1 nitrogen and oxygen atoms in total. The van der Waals surface area contributed by atoms with Crippen LogP contribution in [0.3, 0.4) is 0 Å². The van der Waals surface area contributed by atoms with E-state index in [1.165, 1.54) is 6.07 Å². The summed E-state index contributed by atoms with van der Waals surface area (Å²) in [6.45, 7) is -0.0205. The molecule has 4 heteroatoms. The van der Waals surface area contributed by atoms with Crippen molar-refractivity contribution < 1.29 is 9.50 Å². The second-order valence-corrected chi connectivity index (χ2v) is 5.63. The molecule has 0 aromatic heterocycles. The van der Waals surface area contributed by atoms with E-state index in [0.29, 0.717) is 28.5 Å². The Hall–Kier alpha value is -1.09. The summed E-state index contributed by atoms with van der Waals surface area (Å²) in [7, 11) is 0. The number of hydrogen-bond acceptors (Lipinski definition) is 1. The van der Waals surface area contributed by atoms with E-state index in [1.807, 2.05) is 12.1 Å². The first-order valence-corrected chi connectivity index (χ1v) is 7.14. The van der Waals surface area contributed by atoms with Crippen LogP contribution in [0.1, 0.15) is 11.1 Å². The highest BCUT2D eigenvalue weighted by molar-refractivity contribution is 6.31. The lowest BCUT2D eigenvalue weighted by molar-refractivity contribution is 0.224. The summed E-state index contributed by atoms with van der Waals surface area (Å²) >= 11 is 11.9. The third kappa shape index (κ3) is 3.95. The van der Waals surface area contributed by atoms with Crippen LogP contribution in [0.15, 0.2) is 42.5 Å². The van der Waals surface area contributed by atoms with Crippen molar-refractivity contribution in [3.8, 4) is 0 Å². The molecule has 0 spiro atoms. The third-order valence-electron chi connectivity index (χ3n) is 3.25. The first kappa shape index (κ1) is 15.3. The van der Waals surface area contributed by atoms with E-state index in [9.17, 15) is 9.50 Å². The minimum Gasteiger partial charge on any atom is -0.396 e. The van der Waals surface area contributed by atoms with E-state index in [1.54, 1.807) is 24.3 Å². The van der Waals surface area contributed by atoms with E-state index < -0.39 is 0 Å². The molecule has 0 aliphatic heterocycles. The molecule has 0 fully saturated rings. The predicted molar refractivity (Wildman–Crippen MR) is 80.8 cm³/mol. The lowest BCUT2D eigenvalue weighted by Gasteiger charge is -2.16. The summed E-state index contributed by atoms with van der Waals surface area (Å²) < 4.78 is 13.8. The van der Waals surface area contributed by atoms with Crippen LogP contribution in [-0.2, 0) is 12.8 Å². The lowest BCUT2D eigenvalue weighted by Crippen LogP contribution is -2.14. The number of aliphatic hydroxyl groups is 1. The molecular weight excluding hydrogens is 298 g/mol. The summed E-state index contributed by atoms with van der Waals surface area (Å²) in [5.41, 5.74) is 1.52. The van der Waals surface area contributed by atoms with Crippen LogP contribution in [0.2, 0.25) is 10.0 Å². The van der Waals surface area contributed by atoms with Gasteiger partial charge in [-0.3, -0.25) is 0 Å². The molecule has 0 aliphatic carbocycles. The van der Waals surface area contributed by atoms with Gasteiger partial charge in [0.05, 0.1) is 0 Å². The van der Waals surface area contributed by atoms with Gasteiger partial charge in [0.15, 0.2) is 0 Å². The zero-order valence-electron chi connectivity index (χ0n) is 10.8. The largest absolute Gasteiger partial charge is 0.396 e. The Kier molecular flexibility index (Phi) is 5.41. The predicted octanol–water partition coefficient (Wildman–Crippen LogP) is 4.53. The summed E-state index contributed by atoms with van der Waals surface area (Å²) in [4.78, 5) is 0. The van der Waals surface area contributed by atoms with Gasteiger partial charge in [-0.1, -0.05) is 41.4 Å². The Labute approximate surface area is 128 Å². The summed E-state index contributed by atoms with van der Waals surface area (Å²) in [6.07, 6.45) is 1.06. The second-order valence-electron chi connectivity index (χ2n) is 4.78. The van der Waals surface area contributed by atoms with Crippen molar-refractivity contribution in [2.45, 2.75) is 12.8 Å². The van der Waals surface area contributed by atoms with Gasteiger partial charge in [-0.25, -0.2) is 4.39 Å². The van der Waals surface area contributed by atoms with Crippen LogP contribution in [-0.4, -0.2) is 11.7 Å². The van der Waals surface area contributed by atoms with Gasteiger partial charge in [-0.15, -0.1) is 0 Å². The van der Waals surface area contributed by atoms with Crippen LogP contribution in [0.5, 0.6) is 0 Å². The Morgan fingerprint density at radius 3 is 2.30 bits per heavy atom. The van der Waals surface area contributed by atoms with Gasteiger partial charge in [0.2, 0.25) is 0 Å². The van der Waals surface area contributed by atoms with E-state index in [0.717, 1.165) is 5.56 Å². The van der Waals surface area contributed by atoms with E-state index in [-0.39, 0.29) is 18.3 Å². The fourth-order valence-electron chi connectivity index (χ4n) is 2.17. The standard InChI is InChI=1S/C16H15Cl2FO/c17-13-6-4-11(5-7-13)8-12(10-20)9-14-15(18)2-1-3-16(14)19/h1-7,12,20H,8-10H2. The van der Waals surface area contributed by atoms with Crippen molar-refractivity contribution in [1.82, 2.24) is 0 Å². The highest BCUT2D eigenvalue weighted by atomic mass is 35.5. The molecule has 0 heterocycles. The first-order chi connectivity index (χ1) is 9.60. The molecule has 106 valence electrons. The van der Waals surface area contributed by atoms with Gasteiger partial charge in [-0.2, -0.15) is 0 Å². The monoisotopic (exact) mass is 312 g/mol. The summed E-state index contributed by atoms with van der Waals surface area (Å²) in [5.74, 6) is -0.405. The van der Waals surface area contributed by atoms with Crippen molar-refractivity contribution in [2.24, 2.45) is 5.92 Å². The van der Waals surface area contributed by atoms with E-state index in [4.69, 9.17) is 23.2 Å². The van der Waals surface area contributed by atoms with Crippen molar-refractivity contribution in [1.29, 1.82) is 0 Å². The van der Waals surface area contributed by atoms with Gasteiger partial charge >= 0.3 is 0 Å². The molecule has 0 saturated carbocycles. The normalized spacial score (nSPS) is 12.4. The fourth-order valence-corrected chi connectivity index (χ4v) is 2.54. The Balaban J connectivity index is 2.11. The SMILES string of the molecule is OCC(Cc1ccc(Cl)cc1)Cc1c(F)cccc1Cl. The molecule has 2 rings (SSSR count). The number of rotatable bonds is 5. The van der Waals surface area contributed by atoms with Crippen molar-refractivity contribution in [2.75, 3.05) is 6.61 Å². The van der Waals surface area contributed by atoms with Gasteiger partial charge in [0, 0.05) is 22.2 Å². The molecule has 0 bridgehead atoms. The molecule has 0 radical (unpaired) electrons. The topological polar surface area (TPSA) is 20.2 Å². The molecule has 2 aromatic rings. The van der Waals surface area contributed by atoms with Gasteiger partial charge in [0.1, 0.15) is 5.82 Å². The number of benzene rings is 2. The fraction of sp³-hybridized carbons (Fsp3) is 0.250. The van der Waals surface area contributed by atoms with Crippen molar-refractivity contribution in [3.05, 3.63) is 69.5 Å². The maximum absolute atomic E-state index is 13.8. The zero-order chi connectivity index (χ0) is 14.5. The van der Waals surface area contributed by atoms with Crippen LogP contribution in [0.25, 0.3) is 0 Å². The van der Waals surface area contributed by atoms with Crippen molar-refractivity contribution in [3.63, 3.8) is 0 Å². The Bertz CT molecular complexity index is 549. The maximum atomic E-state index is 13.8. The van der Waals surface area contributed by atoms with Crippen LogP contribution in [0, 0.1) is 11.7 Å². The molecule has 2 aromatic carbocycles. The van der Waals surface area contributed by atoms with E-state index in [2.05, 4.69) is 0 Å². The molecular formula is C16H15Cl2FO. The smallest absolute Gasteiger partial charge is 0.127 e. The second kappa shape index (κ2) is 7.07.